The summed E-state index contributed by atoms with van der Waals surface area (Å²) < 4.78 is 2.06. The summed E-state index contributed by atoms with van der Waals surface area (Å²) in [4.78, 5) is 4.39. The Balaban J connectivity index is 2.00. The van der Waals surface area contributed by atoms with Gasteiger partial charge in [-0.25, -0.2) is 4.98 Å². The van der Waals surface area contributed by atoms with Gasteiger partial charge in [-0.1, -0.05) is 30.3 Å². The molecule has 0 amide bonds. The molecule has 88 valence electrons. The second-order valence-corrected chi connectivity index (χ2v) is 4.32. The van der Waals surface area contributed by atoms with Crippen LogP contribution in [0.5, 0.6) is 0 Å². The Morgan fingerprint density at radius 2 is 2.06 bits per heavy atom. The quantitative estimate of drug-likeness (QED) is 0.809. The number of rotatable bonds is 2. The van der Waals surface area contributed by atoms with Crippen LogP contribution in [0.25, 0.3) is 11.4 Å². The van der Waals surface area contributed by atoms with Gasteiger partial charge in [0.2, 0.25) is 0 Å². The molecule has 2 atom stereocenters. The summed E-state index contributed by atoms with van der Waals surface area (Å²) in [7, 11) is 0. The number of β-amino-alcohol motifs (C(OH)–C–C–N with tert-alkyl or cyclic N) is 1. The number of nitrogens with zero attached hydrogens (tertiary/aromatic N) is 2. The van der Waals surface area contributed by atoms with Crippen LogP contribution in [0.2, 0.25) is 0 Å². The average Bonchev–Trinajstić information content (AvgIpc) is 2.98. The van der Waals surface area contributed by atoms with E-state index in [0.717, 1.165) is 17.9 Å². The third kappa shape index (κ3) is 1.85. The summed E-state index contributed by atoms with van der Waals surface area (Å²) in [5.41, 5.74) is 1.08. The molecule has 3 rings (SSSR count). The fourth-order valence-corrected chi connectivity index (χ4v) is 2.33. The van der Waals surface area contributed by atoms with Gasteiger partial charge < -0.3 is 15.0 Å². The molecule has 2 heterocycles. The first-order valence-corrected chi connectivity index (χ1v) is 5.83. The summed E-state index contributed by atoms with van der Waals surface area (Å²) in [6, 6.07) is 10.1. The van der Waals surface area contributed by atoms with Gasteiger partial charge >= 0.3 is 0 Å². The fraction of sp³-hybridized carbons (Fsp3) is 0.308. The van der Waals surface area contributed by atoms with E-state index >= 15 is 0 Å². The predicted octanol–water partition coefficient (Wildman–Crippen LogP) is 1.06. The number of benzene rings is 1. The molecule has 4 nitrogen and oxygen atoms in total. The molecule has 17 heavy (non-hydrogen) atoms. The average molecular weight is 229 g/mol. The molecule has 0 spiro atoms. The highest BCUT2D eigenvalue weighted by Gasteiger charge is 2.27. The van der Waals surface area contributed by atoms with E-state index in [4.69, 9.17) is 0 Å². The van der Waals surface area contributed by atoms with Gasteiger partial charge in [0.25, 0.3) is 0 Å². The van der Waals surface area contributed by atoms with Crippen LogP contribution in [0, 0.1) is 0 Å². The number of hydrogen-bond acceptors (Lipinski definition) is 3. The Kier molecular flexibility index (Phi) is 2.66. The summed E-state index contributed by atoms with van der Waals surface area (Å²) >= 11 is 0. The van der Waals surface area contributed by atoms with Crippen LogP contribution in [0.1, 0.15) is 6.04 Å². The zero-order chi connectivity index (χ0) is 11.7. The van der Waals surface area contributed by atoms with Crippen LogP contribution in [-0.2, 0) is 0 Å². The Bertz CT molecular complexity index is 494. The van der Waals surface area contributed by atoms with Gasteiger partial charge in [-0.2, -0.15) is 0 Å². The highest BCUT2D eigenvalue weighted by atomic mass is 16.3. The molecule has 1 aliphatic rings. The largest absolute Gasteiger partial charge is 0.390 e. The molecule has 2 aromatic rings. The standard InChI is InChI=1S/C13H15N3O/c17-12-9-14-8-11(12)16-7-6-15-13(16)10-4-2-1-3-5-10/h1-7,11-12,14,17H,8-9H2. The molecule has 2 unspecified atom stereocenters. The van der Waals surface area contributed by atoms with Crippen LogP contribution < -0.4 is 5.32 Å². The van der Waals surface area contributed by atoms with Crippen molar-refractivity contribution in [2.45, 2.75) is 12.1 Å². The van der Waals surface area contributed by atoms with Gasteiger partial charge in [0.15, 0.2) is 0 Å². The molecule has 1 aromatic heterocycles. The molecule has 1 saturated heterocycles. The number of imidazole rings is 1. The van der Waals surface area contributed by atoms with Gasteiger partial charge in [-0.05, 0) is 0 Å². The monoisotopic (exact) mass is 229 g/mol. The second-order valence-electron chi connectivity index (χ2n) is 4.32. The predicted molar refractivity (Wildman–Crippen MR) is 65.6 cm³/mol. The summed E-state index contributed by atoms with van der Waals surface area (Å²) in [5.74, 6) is 0.915. The van der Waals surface area contributed by atoms with Crippen LogP contribution in [-0.4, -0.2) is 33.9 Å². The van der Waals surface area contributed by atoms with E-state index in [2.05, 4.69) is 14.9 Å². The fourth-order valence-electron chi connectivity index (χ4n) is 2.33. The lowest BCUT2D eigenvalue weighted by molar-refractivity contribution is 0.151. The number of aromatic nitrogens is 2. The van der Waals surface area contributed by atoms with Gasteiger partial charge in [0, 0.05) is 31.0 Å². The summed E-state index contributed by atoms with van der Waals surface area (Å²) in [6.45, 7) is 1.44. The topological polar surface area (TPSA) is 50.1 Å². The van der Waals surface area contributed by atoms with Crippen molar-refractivity contribution in [3.05, 3.63) is 42.7 Å². The van der Waals surface area contributed by atoms with Crippen LogP contribution >= 0.6 is 0 Å². The lowest BCUT2D eigenvalue weighted by atomic mass is 10.1. The molecule has 0 saturated carbocycles. The molecular formula is C13H15N3O. The van der Waals surface area contributed by atoms with Crippen molar-refractivity contribution in [2.24, 2.45) is 0 Å². The van der Waals surface area contributed by atoms with Crippen LogP contribution in [0.3, 0.4) is 0 Å². The minimum absolute atomic E-state index is 0.0766. The zero-order valence-electron chi connectivity index (χ0n) is 9.45. The molecular weight excluding hydrogens is 214 g/mol. The SMILES string of the molecule is OC1CNCC1n1ccnc1-c1ccccc1. The van der Waals surface area contributed by atoms with Gasteiger partial charge in [-0.15, -0.1) is 0 Å². The molecule has 4 heteroatoms. The normalized spacial score (nSPS) is 24.1. The molecule has 1 aromatic carbocycles. The van der Waals surface area contributed by atoms with E-state index < -0.39 is 0 Å². The van der Waals surface area contributed by atoms with Crippen LogP contribution in [0.15, 0.2) is 42.7 Å². The molecule has 1 fully saturated rings. The van der Waals surface area contributed by atoms with Gasteiger partial charge in [0.1, 0.15) is 5.82 Å². The third-order valence-electron chi connectivity index (χ3n) is 3.21. The number of hydrogen-bond donors (Lipinski definition) is 2. The van der Waals surface area contributed by atoms with Crippen molar-refractivity contribution in [1.29, 1.82) is 0 Å². The van der Waals surface area contributed by atoms with E-state index in [9.17, 15) is 5.11 Å². The molecule has 0 aliphatic carbocycles. The molecule has 0 radical (unpaired) electrons. The summed E-state index contributed by atoms with van der Waals surface area (Å²) in [6.07, 6.45) is 3.38. The Morgan fingerprint density at radius 3 is 2.76 bits per heavy atom. The molecule has 2 N–H and O–H groups in total. The van der Waals surface area contributed by atoms with Crippen molar-refractivity contribution >= 4 is 0 Å². The molecule has 1 aliphatic heterocycles. The molecule has 0 bridgehead atoms. The van der Waals surface area contributed by atoms with Gasteiger partial charge in [0.05, 0.1) is 12.1 Å². The van der Waals surface area contributed by atoms with E-state index in [1.165, 1.54) is 0 Å². The summed E-state index contributed by atoms with van der Waals surface area (Å²) in [5, 5.41) is 13.1. The zero-order valence-corrected chi connectivity index (χ0v) is 9.45. The van der Waals surface area contributed by atoms with Crippen molar-refractivity contribution < 1.29 is 5.11 Å². The van der Waals surface area contributed by atoms with Gasteiger partial charge in [-0.3, -0.25) is 0 Å². The van der Waals surface area contributed by atoms with E-state index in [-0.39, 0.29) is 12.1 Å². The minimum Gasteiger partial charge on any atom is -0.390 e. The highest BCUT2D eigenvalue weighted by molar-refractivity contribution is 5.55. The number of aliphatic hydroxyl groups is 1. The highest BCUT2D eigenvalue weighted by Crippen LogP contribution is 2.24. The Morgan fingerprint density at radius 1 is 1.24 bits per heavy atom. The first-order chi connectivity index (χ1) is 8.36. The first-order valence-electron chi connectivity index (χ1n) is 5.83. The Labute approximate surface area is 99.9 Å². The van der Waals surface area contributed by atoms with Crippen molar-refractivity contribution in [3.8, 4) is 11.4 Å². The lowest BCUT2D eigenvalue weighted by Gasteiger charge is -2.18. The van der Waals surface area contributed by atoms with Crippen molar-refractivity contribution in [3.63, 3.8) is 0 Å². The minimum atomic E-state index is -0.341. The van der Waals surface area contributed by atoms with Crippen molar-refractivity contribution in [2.75, 3.05) is 13.1 Å². The number of nitrogens with one attached hydrogen (secondary N) is 1. The Hall–Kier alpha value is -1.65. The maximum atomic E-state index is 9.92. The van der Waals surface area contributed by atoms with E-state index in [1.807, 2.05) is 36.5 Å². The maximum Gasteiger partial charge on any atom is 0.140 e. The third-order valence-corrected chi connectivity index (χ3v) is 3.21. The van der Waals surface area contributed by atoms with Crippen LogP contribution in [0.4, 0.5) is 0 Å². The first kappa shape index (κ1) is 10.5. The smallest absolute Gasteiger partial charge is 0.140 e. The van der Waals surface area contributed by atoms with E-state index in [1.54, 1.807) is 6.20 Å². The maximum absolute atomic E-state index is 9.92. The van der Waals surface area contributed by atoms with E-state index in [0.29, 0.717) is 6.54 Å². The second kappa shape index (κ2) is 4.31. The van der Waals surface area contributed by atoms with Crippen molar-refractivity contribution in [1.82, 2.24) is 14.9 Å². The lowest BCUT2D eigenvalue weighted by Crippen LogP contribution is -2.22. The number of aliphatic hydroxyl groups excluding tert-OH is 1.